The highest BCUT2D eigenvalue weighted by molar-refractivity contribution is 7.85. The molecule has 1 N–H and O–H groups in total. The molecule has 0 atom stereocenters. The van der Waals surface area contributed by atoms with Crippen molar-refractivity contribution in [2.75, 3.05) is 0 Å². The van der Waals surface area contributed by atoms with Crippen LogP contribution in [0.5, 0.6) is 0 Å². The fourth-order valence-electron chi connectivity index (χ4n) is 3.23. The molecule has 0 fully saturated rings. The van der Waals surface area contributed by atoms with Gasteiger partial charge in [0.2, 0.25) is 5.69 Å². The zero-order valence-electron chi connectivity index (χ0n) is 14.6. The second kappa shape index (κ2) is 6.00. The molecule has 0 bridgehead atoms. The summed E-state index contributed by atoms with van der Waals surface area (Å²) in [5, 5.41) is 10.8. The first kappa shape index (κ1) is 18.2. The van der Waals surface area contributed by atoms with Crippen LogP contribution in [0, 0.1) is 10.1 Å². The summed E-state index contributed by atoms with van der Waals surface area (Å²) >= 11 is 0. The number of hydrogen-bond donors (Lipinski definition) is 1. The standard InChI is InChI=1S/C18H18N2O5S/c1-12-18(2,3)16-10-15(26(23,24)25)8-9-17(16)19(12)11-13-4-6-14(7-5-13)20(21)22/h4-10H,11H2,1-3H3/p+1. The van der Waals surface area contributed by atoms with E-state index in [2.05, 4.69) is 4.58 Å². The summed E-state index contributed by atoms with van der Waals surface area (Å²) in [7, 11) is -4.27. The topological polar surface area (TPSA) is 101 Å². The molecule has 3 rings (SSSR count). The first-order chi connectivity index (χ1) is 12.0. The van der Waals surface area contributed by atoms with Crippen molar-refractivity contribution in [1.29, 1.82) is 0 Å². The van der Waals surface area contributed by atoms with Crippen molar-refractivity contribution in [3.05, 3.63) is 63.7 Å². The highest BCUT2D eigenvalue weighted by Gasteiger charge is 2.43. The van der Waals surface area contributed by atoms with Gasteiger partial charge in [0.05, 0.1) is 15.2 Å². The number of rotatable bonds is 4. The second-order valence-electron chi connectivity index (χ2n) is 6.87. The number of nitrogens with zero attached hydrogens (tertiary/aromatic N) is 2. The molecule has 0 unspecified atom stereocenters. The molecule has 1 aliphatic rings. The summed E-state index contributed by atoms with van der Waals surface area (Å²) in [6.07, 6.45) is 0. The summed E-state index contributed by atoms with van der Waals surface area (Å²) in [5.74, 6) is 0. The summed E-state index contributed by atoms with van der Waals surface area (Å²) < 4.78 is 34.3. The molecule has 0 aromatic heterocycles. The van der Waals surface area contributed by atoms with E-state index in [9.17, 15) is 23.1 Å². The van der Waals surface area contributed by atoms with Crippen molar-refractivity contribution >= 4 is 27.2 Å². The van der Waals surface area contributed by atoms with E-state index >= 15 is 0 Å². The summed E-state index contributed by atoms with van der Waals surface area (Å²) in [6.45, 7) is 6.46. The molecule has 0 saturated carbocycles. The van der Waals surface area contributed by atoms with Crippen LogP contribution in [-0.2, 0) is 22.1 Å². The zero-order valence-corrected chi connectivity index (χ0v) is 15.4. The Morgan fingerprint density at radius 1 is 1.15 bits per heavy atom. The molecule has 0 aliphatic carbocycles. The van der Waals surface area contributed by atoms with Crippen LogP contribution in [0.4, 0.5) is 11.4 Å². The van der Waals surface area contributed by atoms with Crippen LogP contribution in [0.3, 0.4) is 0 Å². The van der Waals surface area contributed by atoms with Crippen molar-refractivity contribution in [2.24, 2.45) is 0 Å². The number of nitro groups is 1. The Bertz CT molecular complexity index is 1040. The quantitative estimate of drug-likeness (QED) is 0.382. The van der Waals surface area contributed by atoms with Gasteiger partial charge in [-0.3, -0.25) is 14.7 Å². The molecule has 0 radical (unpaired) electrons. The van der Waals surface area contributed by atoms with Crippen LogP contribution >= 0.6 is 0 Å². The van der Waals surface area contributed by atoms with Crippen LogP contribution in [0.15, 0.2) is 47.4 Å². The van der Waals surface area contributed by atoms with Gasteiger partial charge in [-0.2, -0.15) is 13.0 Å². The molecule has 1 heterocycles. The minimum absolute atomic E-state index is 0.0365. The molecule has 0 amide bonds. The smallest absolute Gasteiger partial charge is 0.282 e. The van der Waals surface area contributed by atoms with Gasteiger partial charge in [-0.25, -0.2) is 0 Å². The average Bonchev–Trinajstić information content (AvgIpc) is 2.75. The van der Waals surface area contributed by atoms with Gasteiger partial charge in [0.25, 0.3) is 15.8 Å². The van der Waals surface area contributed by atoms with Gasteiger partial charge in [0.1, 0.15) is 0 Å². The third-order valence-electron chi connectivity index (χ3n) is 5.03. The maximum Gasteiger partial charge on any atom is 0.294 e. The highest BCUT2D eigenvalue weighted by atomic mass is 32.2. The molecule has 2 aromatic rings. The Hall–Kier alpha value is -2.58. The Morgan fingerprint density at radius 3 is 2.31 bits per heavy atom. The van der Waals surface area contributed by atoms with E-state index in [1.807, 2.05) is 20.8 Å². The minimum Gasteiger partial charge on any atom is -0.282 e. The molecule has 7 nitrogen and oxygen atoms in total. The fraction of sp³-hybridized carbons (Fsp3) is 0.278. The van der Waals surface area contributed by atoms with Crippen LogP contribution in [0.25, 0.3) is 0 Å². The summed E-state index contributed by atoms with van der Waals surface area (Å²) in [4.78, 5) is 10.2. The Kier molecular flexibility index (Phi) is 4.20. The highest BCUT2D eigenvalue weighted by Crippen LogP contribution is 2.41. The van der Waals surface area contributed by atoms with Gasteiger partial charge in [-0.05, 0) is 38.1 Å². The van der Waals surface area contributed by atoms with E-state index in [4.69, 9.17) is 0 Å². The summed E-state index contributed by atoms with van der Waals surface area (Å²) in [5.41, 5.74) is 3.23. The Labute approximate surface area is 151 Å². The SMILES string of the molecule is CC1=[N+](Cc2ccc([N+](=O)[O-])cc2)c2ccc(S(=O)(=O)O)cc2C1(C)C. The number of hydrogen-bond acceptors (Lipinski definition) is 4. The number of benzene rings is 2. The van der Waals surface area contributed by atoms with Crippen LogP contribution in [0.2, 0.25) is 0 Å². The summed E-state index contributed by atoms with van der Waals surface area (Å²) in [6, 6.07) is 10.9. The lowest BCUT2D eigenvalue weighted by molar-refractivity contribution is -0.456. The molecule has 0 spiro atoms. The minimum atomic E-state index is -4.27. The van der Waals surface area contributed by atoms with Gasteiger partial charge in [0.15, 0.2) is 12.3 Å². The third-order valence-corrected chi connectivity index (χ3v) is 5.88. The van der Waals surface area contributed by atoms with Crippen molar-refractivity contribution in [3.8, 4) is 0 Å². The molecular weight excluding hydrogens is 356 g/mol. The van der Waals surface area contributed by atoms with E-state index in [0.717, 1.165) is 22.5 Å². The molecular formula is C18H19N2O5S+. The lowest BCUT2D eigenvalue weighted by atomic mass is 9.82. The predicted molar refractivity (Wildman–Crippen MR) is 96.7 cm³/mol. The van der Waals surface area contributed by atoms with Crippen molar-refractivity contribution in [2.45, 2.75) is 37.6 Å². The van der Waals surface area contributed by atoms with Gasteiger partial charge < -0.3 is 0 Å². The number of fused-ring (bicyclic) bond motifs is 1. The molecule has 0 saturated heterocycles. The fourth-order valence-corrected chi connectivity index (χ4v) is 3.74. The van der Waals surface area contributed by atoms with Gasteiger partial charge >= 0.3 is 0 Å². The van der Waals surface area contributed by atoms with Gasteiger partial charge in [-0.15, -0.1) is 0 Å². The van der Waals surface area contributed by atoms with E-state index in [1.165, 1.54) is 24.3 Å². The van der Waals surface area contributed by atoms with E-state index < -0.39 is 20.5 Å². The largest absolute Gasteiger partial charge is 0.294 e. The van der Waals surface area contributed by atoms with Crippen LogP contribution < -0.4 is 0 Å². The maximum atomic E-state index is 11.5. The van der Waals surface area contributed by atoms with E-state index in [1.54, 1.807) is 18.2 Å². The molecule has 26 heavy (non-hydrogen) atoms. The normalized spacial score (nSPS) is 15.8. The van der Waals surface area contributed by atoms with Crippen LogP contribution in [0.1, 0.15) is 31.9 Å². The van der Waals surface area contributed by atoms with Gasteiger partial charge in [0, 0.05) is 36.2 Å². The number of non-ortho nitro benzene ring substituents is 1. The van der Waals surface area contributed by atoms with E-state index in [-0.39, 0.29) is 10.6 Å². The monoisotopic (exact) mass is 375 g/mol. The van der Waals surface area contributed by atoms with Crippen molar-refractivity contribution < 1.29 is 22.5 Å². The first-order valence-electron chi connectivity index (χ1n) is 7.99. The molecule has 2 aromatic carbocycles. The Morgan fingerprint density at radius 2 is 1.77 bits per heavy atom. The lowest BCUT2D eigenvalue weighted by Crippen LogP contribution is -2.26. The first-order valence-corrected chi connectivity index (χ1v) is 9.43. The van der Waals surface area contributed by atoms with Crippen molar-refractivity contribution in [3.63, 3.8) is 0 Å². The van der Waals surface area contributed by atoms with Gasteiger partial charge in [-0.1, -0.05) is 0 Å². The third kappa shape index (κ3) is 3.02. The molecule has 8 heteroatoms. The number of nitro benzene ring substituents is 1. The lowest BCUT2D eigenvalue weighted by Gasteiger charge is -2.15. The zero-order chi connectivity index (χ0) is 19.3. The van der Waals surface area contributed by atoms with Crippen LogP contribution in [-0.4, -0.2) is 28.2 Å². The predicted octanol–water partition coefficient (Wildman–Crippen LogP) is 3.44. The maximum absolute atomic E-state index is 11.5. The van der Waals surface area contributed by atoms with Crippen molar-refractivity contribution in [1.82, 2.24) is 0 Å². The Balaban J connectivity index is 2.04. The average molecular weight is 375 g/mol. The second-order valence-corrected chi connectivity index (χ2v) is 8.30. The molecule has 136 valence electrons. The van der Waals surface area contributed by atoms with E-state index in [0.29, 0.717) is 6.54 Å². The molecule has 1 aliphatic heterocycles.